The summed E-state index contributed by atoms with van der Waals surface area (Å²) in [5.74, 6) is 2.33. The van der Waals surface area contributed by atoms with Crippen LogP contribution < -0.4 is 4.90 Å². The first-order chi connectivity index (χ1) is 13.0. The van der Waals surface area contributed by atoms with Gasteiger partial charge in [0.05, 0.1) is 12.2 Å². The van der Waals surface area contributed by atoms with Crippen molar-refractivity contribution < 1.29 is 4.79 Å². The van der Waals surface area contributed by atoms with E-state index in [1.807, 2.05) is 35.2 Å². The summed E-state index contributed by atoms with van der Waals surface area (Å²) < 4.78 is 0. The molecule has 0 saturated heterocycles. The van der Waals surface area contributed by atoms with Crippen LogP contribution in [0.5, 0.6) is 0 Å². The van der Waals surface area contributed by atoms with Gasteiger partial charge in [0.15, 0.2) is 5.82 Å². The highest BCUT2D eigenvalue weighted by molar-refractivity contribution is 5.77. The van der Waals surface area contributed by atoms with Gasteiger partial charge >= 0.3 is 0 Å². The van der Waals surface area contributed by atoms with Gasteiger partial charge in [-0.25, -0.2) is 9.97 Å². The number of anilines is 1. The van der Waals surface area contributed by atoms with Crippen molar-refractivity contribution in [2.45, 2.75) is 46.6 Å². The average Bonchev–Trinajstić information content (AvgIpc) is 2.67. The van der Waals surface area contributed by atoms with Crippen LogP contribution in [-0.2, 0) is 17.8 Å². The number of amides is 1. The van der Waals surface area contributed by atoms with E-state index in [1.165, 1.54) is 0 Å². The van der Waals surface area contributed by atoms with E-state index >= 15 is 0 Å². The van der Waals surface area contributed by atoms with E-state index in [0.717, 1.165) is 54.4 Å². The third-order valence-corrected chi connectivity index (χ3v) is 4.93. The van der Waals surface area contributed by atoms with Gasteiger partial charge in [0, 0.05) is 44.1 Å². The fourth-order valence-electron chi connectivity index (χ4n) is 3.56. The lowest BCUT2D eigenvalue weighted by Crippen LogP contribution is -2.38. The molecule has 5 nitrogen and oxygen atoms in total. The second-order valence-electron chi connectivity index (χ2n) is 7.75. The largest absolute Gasteiger partial charge is 0.359 e. The molecule has 1 aromatic carbocycles. The van der Waals surface area contributed by atoms with E-state index in [2.05, 4.69) is 32.7 Å². The molecule has 0 unspecified atom stereocenters. The van der Waals surface area contributed by atoms with E-state index in [0.29, 0.717) is 18.9 Å². The van der Waals surface area contributed by atoms with Crippen molar-refractivity contribution >= 4 is 11.7 Å². The van der Waals surface area contributed by atoms with E-state index in [-0.39, 0.29) is 5.91 Å². The Morgan fingerprint density at radius 3 is 2.63 bits per heavy atom. The monoisotopic (exact) mass is 366 g/mol. The van der Waals surface area contributed by atoms with E-state index in [9.17, 15) is 4.79 Å². The molecule has 0 atom stereocenters. The predicted molar refractivity (Wildman–Crippen MR) is 110 cm³/mol. The summed E-state index contributed by atoms with van der Waals surface area (Å²) in [6, 6.07) is 10.1. The summed E-state index contributed by atoms with van der Waals surface area (Å²) in [4.78, 5) is 26.5. The zero-order valence-corrected chi connectivity index (χ0v) is 16.9. The molecule has 27 heavy (non-hydrogen) atoms. The average molecular weight is 367 g/mol. The van der Waals surface area contributed by atoms with Crippen LogP contribution in [0.25, 0.3) is 11.4 Å². The minimum atomic E-state index is 0.229. The molecule has 1 aliphatic rings. The van der Waals surface area contributed by atoms with Crippen LogP contribution in [0.15, 0.2) is 30.3 Å². The fraction of sp³-hybridized carbons (Fsp3) is 0.500. The highest BCUT2D eigenvalue weighted by Gasteiger charge is 2.27. The third-order valence-electron chi connectivity index (χ3n) is 4.93. The first-order valence-corrected chi connectivity index (χ1v) is 9.93. The van der Waals surface area contributed by atoms with Crippen LogP contribution in [-0.4, -0.2) is 40.9 Å². The zero-order valence-electron chi connectivity index (χ0n) is 16.9. The first kappa shape index (κ1) is 19.3. The Hall–Kier alpha value is -2.43. The van der Waals surface area contributed by atoms with E-state index in [4.69, 9.17) is 9.97 Å². The quantitative estimate of drug-likeness (QED) is 0.777. The van der Waals surface area contributed by atoms with Crippen molar-refractivity contribution in [1.82, 2.24) is 14.9 Å². The molecule has 1 amide bonds. The van der Waals surface area contributed by atoms with Gasteiger partial charge in [-0.3, -0.25) is 4.79 Å². The molecule has 0 fully saturated rings. The van der Waals surface area contributed by atoms with Crippen LogP contribution in [0.1, 0.15) is 44.9 Å². The standard InChI is InChI=1S/C22H30N4O/c1-5-12-25(4)22-18-15-26(20(27)14-16(2)3)13-11-19(18)23-21(24-22)17-9-7-6-8-10-17/h6-10,16H,5,11-15H2,1-4H3. The molecule has 144 valence electrons. The first-order valence-electron chi connectivity index (χ1n) is 9.93. The van der Waals surface area contributed by atoms with Gasteiger partial charge in [-0.1, -0.05) is 51.1 Å². The Bertz CT molecular complexity index is 788. The van der Waals surface area contributed by atoms with Gasteiger partial charge < -0.3 is 9.80 Å². The highest BCUT2D eigenvalue weighted by Crippen LogP contribution is 2.29. The predicted octanol–water partition coefficient (Wildman–Crippen LogP) is 3.92. The normalized spacial score (nSPS) is 13.6. The van der Waals surface area contributed by atoms with Crippen molar-refractivity contribution in [2.24, 2.45) is 5.92 Å². The summed E-state index contributed by atoms with van der Waals surface area (Å²) >= 11 is 0. The molecule has 2 heterocycles. The van der Waals surface area contributed by atoms with Crippen LogP contribution in [0.4, 0.5) is 5.82 Å². The molecule has 3 rings (SSSR count). The summed E-state index contributed by atoms with van der Waals surface area (Å²) in [5, 5.41) is 0. The second kappa shape index (κ2) is 8.51. The summed E-state index contributed by atoms with van der Waals surface area (Å²) in [6.07, 6.45) is 2.43. The van der Waals surface area contributed by atoms with Gasteiger partial charge in [0.1, 0.15) is 5.82 Å². The maximum Gasteiger partial charge on any atom is 0.223 e. The smallest absolute Gasteiger partial charge is 0.223 e. The van der Waals surface area contributed by atoms with Crippen molar-refractivity contribution in [3.8, 4) is 11.4 Å². The van der Waals surface area contributed by atoms with Gasteiger partial charge in [0.25, 0.3) is 0 Å². The Kier molecular flexibility index (Phi) is 6.09. The van der Waals surface area contributed by atoms with Crippen molar-refractivity contribution in [1.29, 1.82) is 0 Å². The molecule has 0 spiro atoms. The molecule has 0 saturated carbocycles. The van der Waals surface area contributed by atoms with Crippen LogP contribution in [0.3, 0.4) is 0 Å². The van der Waals surface area contributed by atoms with Gasteiger partial charge in [0.2, 0.25) is 5.91 Å². The minimum absolute atomic E-state index is 0.229. The fourth-order valence-corrected chi connectivity index (χ4v) is 3.56. The molecule has 1 aliphatic heterocycles. The zero-order chi connectivity index (χ0) is 19.4. The number of fused-ring (bicyclic) bond motifs is 1. The maximum atomic E-state index is 12.6. The molecule has 2 aromatic rings. The Morgan fingerprint density at radius 2 is 1.96 bits per heavy atom. The topological polar surface area (TPSA) is 49.3 Å². The van der Waals surface area contributed by atoms with Crippen LogP contribution >= 0.6 is 0 Å². The summed E-state index contributed by atoms with van der Waals surface area (Å²) in [5.41, 5.74) is 3.22. The maximum absolute atomic E-state index is 12.6. The highest BCUT2D eigenvalue weighted by atomic mass is 16.2. The number of nitrogens with zero attached hydrogens (tertiary/aromatic N) is 4. The van der Waals surface area contributed by atoms with Crippen LogP contribution in [0, 0.1) is 5.92 Å². The minimum Gasteiger partial charge on any atom is -0.359 e. The van der Waals surface area contributed by atoms with Crippen molar-refractivity contribution in [3.63, 3.8) is 0 Å². The molecular weight excluding hydrogens is 336 g/mol. The molecule has 1 aromatic heterocycles. The number of hydrogen-bond donors (Lipinski definition) is 0. The number of hydrogen-bond acceptors (Lipinski definition) is 4. The van der Waals surface area contributed by atoms with Crippen molar-refractivity contribution in [3.05, 3.63) is 41.6 Å². The summed E-state index contributed by atoms with van der Waals surface area (Å²) in [7, 11) is 2.08. The number of aromatic nitrogens is 2. The van der Waals surface area contributed by atoms with Gasteiger partial charge in [-0.15, -0.1) is 0 Å². The van der Waals surface area contributed by atoms with Crippen molar-refractivity contribution in [2.75, 3.05) is 25.0 Å². The molecule has 5 heteroatoms. The lowest BCUT2D eigenvalue weighted by molar-refractivity contribution is -0.132. The molecule has 0 bridgehead atoms. The Balaban J connectivity index is 1.98. The number of carbonyl (C=O) groups excluding carboxylic acids is 1. The number of benzene rings is 1. The molecule has 0 radical (unpaired) electrons. The van der Waals surface area contributed by atoms with Gasteiger partial charge in [-0.2, -0.15) is 0 Å². The molecule has 0 N–H and O–H groups in total. The lowest BCUT2D eigenvalue weighted by Gasteiger charge is -2.32. The number of rotatable bonds is 6. The Morgan fingerprint density at radius 1 is 1.22 bits per heavy atom. The third kappa shape index (κ3) is 4.46. The number of carbonyl (C=O) groups is 1. The SMILES string of the molecule is CCCN(C)c1nc(-c2ccccc2)nc2c1CN(C(=O)CC(C)C)CC2. The molecule has 0 aliphatic carbocycles. The van der Waals surface area contributed by atoms with Gasteiger partial charge in [-0.05, 0) is 12.3 Å². The van der Waals surface area contributed by atoms with Crippen LogP contribution in [0.2, 0.25) is 0 Å². The molecular formula is C22H30N4O. The Labute approximate surface area is 162 Å². The lowest BCUT2D eigenvalue weighted by atomic mass is 10.0. The van der Waals surface area contributed by atoms with E-state index in [1.54, 1.807) is 0 Å². The summed E-state index contributed by atoms with van der Waals surface area (Å²) in [6.45, 7) is 8.62. The second-order valence-corrected chi connectivity index (χ2v) is 7.75. The van der Waals surface area contributed by atoms with E-state index < -0.39 is 0 Å².